The molecule has 2 aromatic rings. The van der Waals surface area contributed by atoms with Crippen molar-refractivity contribution in [1.82, 2.24) is 24.5 Å². The molecule has 0 bridgehead atoms. The Bertz CT molecular complexity index is 580. The summed E-state index contributed by atoms with van der Waals surface area (Å²) in [6.45, 7) is 1.93. The lowest BCUT2D eigenvalue weighted by Crippen LogP contribution is -2.23. The zero-order valence-electron chi connectivity index (χ0n) is 9.51. The van der Waals surface area contributed by atoms with E-state index in [-0.39, 0.29) is 11.6 Å². The van der Waals surface area contributed by atoms with E-state index in [1.54, 1.807) is 30.9 Å². The van der Waals surface area contributed by atoms with Gasteiger partial charge in [-0.3, -0.25) is 5.10 Å². The van der Waals surface area contributed by atoms with Gasteiger partial charge in [-0.15, -0.1) is 0 Å². The number of sulfonamides is 1. The van der Waals surface area contributed by atoms with Gasteiger partial charge in [0.25, 0.3) is 10.0 Å². The van der Waals surface area contributed by atoms with Gasteiger partial charge in [0.2, 0.25) is 0 Å². The van der Waals surface area contributed by atoms with E-state index in [1.807, 2.05) is 0 Å². The van der Waals surface area contributed by atoms with Crippen LogP contribution >= 0.6 is 0 Å². The highest BCUT2D eigenvalue weighted by molar-refractivity contribution is 7.89. The van der Waals surface area contributed by atoms with Crippen molar-refractivity contribution in [2.24, 2.45) is 7.05 Å². The Hall–Kier alpha value is -1.67. The summed E-state index contributed by atoms with van der Waals surface area (Å²) in [5.74, 6) is 0.647. The number of hydrogen-bond donors (Lipinski definition) is 2. The monoisotopic (exact) mass is 255 g/mol. The van der Waals surface area contributed by atoms with Crippen LogP contribution in [0.1, 0.15) is 11.4 Å². The predicted octanol–water partition coefficient (Wildman–Crippen LogP) is -0.0699. The van der Waals surface area contributed by atoms with Gasteiger partial charge < -0.3 is 4.57 Å². The molecule has 92 valence electrons. The lowest BCUT2D eigenvalue weighted by Gasteiger charge is -2.01. The van der Waals surface area contributed by atoms with Crippen molar-refractivity contribution in [3.05, 3.63) is 30.0 Å². The SMILES string of the molecule is Cc1nc(S(=O)(=O)NCc2cn[nH]c2)cn1C. The summed E-state index contributed by atoms with van der Waals surface area (Å²) < 4.78 is 27.9. The predicted molar refractivity (Wildman–Crippen MR) is 60.6 cm³/mol. The molecular weight excluding hydrogens is 242 g/mol. The molecule has 7 nitrogen and oxygen atoms in total. The van der Waals surface area contributed by atoms with Crippen LogP contribution in [-0.2, 0) is 23.6 Å². The third-order valence-corrected chi connectivity index (χ3v) is 3.65. The molecule has 0 amide bonds. The van der Waals surface area contributed by atoms with Crippen LogP contribution in [0.3, 0.4) is 0 Å². The van der Waals surface area contributed by atoms with Crippen LogP contribution in [0.25, 0.3) is 0 Å². The largest absolute Gasteiger partial charge is 0.337 e. The topological polar surface area (TPSA) is 92.7 Å². The van der Waals surface area contributed by atoms with Crippen molar-refractivity contribution in [3.63, 3.8) is 0 Å². The van der Waals surface area contributed by atoms with Gasteiger partial charge in [-0.25, -0.2) is 18.1 Å². The van der Waals surface area contributed by atoms with Crippen molar-refractivity contribution < 1.29 is 8.42 Å². The van der Waals surface area contributed by atoms with Crippen molar-refractivity contribution >= 4 is 10.0 Å². The molecule has 0 spiro atoms. The normalized spacial score (nSPS) is 11.9. The molecule has 0 aliphatic rings. The molecule has 0 aliphatic carbocycles. The second kappa shape index (κ2) is 4.30. The fourth-order valence-electron chi connectivity index (χ4n) is 1.28. The summed E-state index contributed by atoms with van der Waals surface area (Å²) in [6.07, 6.45) is 4.67. The second-order valence-corrected chi connectivity index (χ2v) is 5.38. The first-order valence-corrected chi connectivity index (χ1v) is 6.44. The summed E-state index contributed by atoms with van der Waals surface area (Å²) in [5, 5.41) is 6.38. The minimum atomic E-state index is -3.56. The highest BCUT2D eigenvalue weighted by Gasteiger charge is 2.18. The average molecular weight is 255 g/mol. The molecule has 17 heavy (non-hydrogen) atoms. The zero-order chi connectivity index (χ0) is 12.5. The lowest BCUT2D eigenvalue weighted by atomic mass is 10.4. The van der Waals surface area contributed by atoms with E-state index in [2.05, 4.69) is 19.9 Å². The maximum Gasteiger partial charge on any atom is 0.259 e. The van der Waals surface area contributed by atoms with Crippen molar-refractivity contribution in [2.45, 2.75) is 18.5 Å². The minimum absolute atomic E-state index is 0.0287. The van der Waals surface area contributed by atoms with Gasteiger partial charge in [0.15, 0.2) is 5.03 Å². The molecule has 0 saturated heterocycles. The number of nitrogens with one attached hydrogen (secondary N) is 2. The summed E-state index contributed by atoms with van der Waals surface area (Å²) in [4.78, 5) is 3.97. The van der Waals surface area contributed by atoms with E-state index in [9.17, 15) is 8.42 Å². The van der Waals surface area contributed by atoms with Gasteiger partial charge in [0.05, 0.1) is 6.20 Å². The first kappa shape index (κ1) is 11.8. The van der Waals surface area contributed by atoms with E-state index in [4.69, 9.17) is 0 Å². The van der Waals surface area contributed by atoms with Crippen LogP contribution in [0.4, 0.5) is 0 Å². The Morgan fingerprint density at radius 1 is 1.53 bits per heavy atom. The summed E-state index contributed by atoms with van der Waals surface area (Å²) >= 11 is 0. The Morgan fingerprint density at radius 3 is 2.82 bits per heavy atom. The van der Waals surface area contributed by atoms with Crippen LogP contribution < -0.4 is 4.72 Å². The number of aryl methyl sites for hydroxylation is 2. The summed E-state index contributed by atoms with van der Waals surface area (Å²) in [5.41, 5.74) is 0.765. The molecule has 0 atom stereocenters. The molecule has 0 saturated carbocycles. The van der Waals surface area contributed by atoms with Crippen LogP contribution in [0.5, 0.6) is 0 Å². The first-order chi connectivity index (χ1) is 7.99. The standard InChI is InChI=1S/C9H13N5O2S/c1-7-13-9(6-14(7)2)17(15,16)12-5-8-3-10-11-4-8/h3-4,6,12H,5H2,1-2H3,(H,10,11). The molecule has 0 radical (unpaired) electrons. The molecule has 0 aromatic carbocycles. The lowest BCUT2D eigenvalue weighted by molar-refractivity contribution is 0.578. The Labute approximate surface area is 98.9 Å². The molecule has 2 heterocycles. The van der Waals surface area contributed by atoms with Crippen molar-refractivity contribution in [3.8, 4) is 0 Å². The van der Waals surface area contributed by atoms with Gasteiger partial charge in [-0.1, -0.05) is 0 Å². The molecule has 2 N–H and O–H groups in total. The highest BCUT2D eigenvalue weighted by atomic mass is 32.2. The van der Waals surface area contributed by atoms with Crippen molar-refractivity contribution in [2.75, 3.05) is 0 Å². The fraction of sp³-hybridized carbons (Fsp3) is 0.333. The maximum atomic E-state index is 11.9. The van der Waals surface area contributed by atoms with Crippen LogP contribution in [0.2, 0.25) is 0 Å². The van der Waals surface area contributed by atoms with E-state index in [0.29, 0.717) is 5.82 Å². The summed E-state index contributed by atoms with van der Waals surface area (Å²) in [7, 11) is -1.81. The van der Waals surface area contributed by atoms with Gasteiger partial charge in [-0.2, -0.15) is 5.10 Å². The molecule has 0 fully saturated rings. The number of aromatic amines is 1. The fourth-order valence-corrected chi connectivity index (χ4v) is 2.34. The molecular formula is C9H13N5O2S. The number of imidazole rings is 1. The first-order valence-electron chi connectivity index (χ1n) is 4.96. The van der Waals surface area contributed by atoms with E-state index in [1.165, 1.54) is 6.20 Å². The minimum Gasteiger partial charge on any atom is -0.337 e. The molecule has 8 heteroatoms. The maximum absolute atomic E-state index is 11.9. The average Bonchev–Trinajstić information content (AvgIpc) is 2.87. The van der Waals surface area contributed by atoms with Crippen LogP contribution in [0.15, 0.2) is 23.6 Å². The Kier molecular flexibility index (Phi) is 2.99. The third kappa shape index (κ3) is 2.53. The summed E-state index contributed by atoms with van der Waals surface area (Å²) in [6, 6.07) is 0. The number of hydrogen-bond acceptors (Lipinski definition) is 4. The smallest absolute Gasteiger partial charge is 0.259 e. The van der Waals surface area contributed by atoms with Crippen molar-refractivity contribution in [1.29, 1.82) is 0 Å². The Morgan fingerprint density at radius 2 is 2.29 bits per heavy atom. The van der Waals surface area contributed by atoms with E-state index < -0.39 is 10.0 Å². The van der Waals surface area contributed by atoms with Gasteiger partial charge in [0, 0.05) is 31.5 Å². The zero-order valence-corrected chi connectivity index (χ0v) is 10.3. The van der Waals surface area contributed by atoms with E-state index in [0.717, 1.165) is 5.56 Å². The van der Waals surface area contributed by atoms with Crippen LogP contribution in [-0.4, -0.2) is 28.2 Å². The second-order valence-electron chi connectivity index (χ2n) is 3.67. The highest BCUT2D eigenvalue weighted by Crippen LogP contribution is 2.08. The number of rotatable bonds is 4. The Balaban J connectivity index is 2.14. The number of nitrogens with zero attached hydrogens (tertiary/aromatic N) is 3. The number of aromatic nitrogens is 4. The van der Waals surface area contributed by atoms with E-state index >= 15 is 0 Å². The van der Waals surface area contributed by atoms with Gasteiger partial charge in [0.1, 0.15) is 5.82 Å². The van der Waals surface area contributed by atoms with Gasteiger partial charge >= 0.3 is 0 Å². The number of H-pyrrole nitrogens is 1. The van der Waals surface area contributed by atoms with Crippen LogP contribution in [0, 0.1) is 6.92 Å². The molecule has 2 aromatic heterocycles. The molecule has 0 unspecified atom stereocenters. The van der Waals surface area contributed by atoms with Gasteiger partial charge in [-0.05, 0) is 6.92 Å². The quantitative estimate of drug-likeness (QED) is 0.799. The third-order valence-electron chi connectivity index (χ3n) is 2.38. The molecule has 0 aliphatic heterocycles. The molecule has 2 rings (SSSR count).